The highest BCUT2D eigenvalue weighted by molar-refractivity contribution is 5.32. The number of fused-ring (bicyclic) bond motifs is 2. The summed E-state index contributed by atoms with van der Waals surface area (Å²) in [6.07, 6.45) is 1.64. The molecule has 0 amide bonds. The Kier molecular flexibility index (Phi) is 4.00. The van der Waals surface area contributed by atoms with Crippen LogP contribution in [-0.4, -0.2) is 7.05 Å². The molecule has 2 saturated carbocycles. The maximum Gasteiger partial charge on any atom is 0.416 e. The summed E-state index contributed by atoms with van der Waals surface area (Å²) in [5, 5.41) is 3.12. The second-order valence-electron chi connectivity index (χ2n) is 6.60. The Morgan fingerprint density at radius 2 is 1.95 bits per heavy atom. The topological polar surface area (TPSA) is 12.0 Å². The summed E-state index contributed by atoms with van der Waals surface area (Å²) in [6, 6.07) is 5.79. The van der Waals surface area contributed by atoms with E-state index in [9.17, 15) is 13.2 Å². The van der Waals surface area contributed by atoms with E-state index in [1.165, 1.54) is 37.8 Å². The smallest absolute Gasteiger partial charge is 0.313 e. The number of halogens is 3. The number of hydrogen-bond acceptors (Lipinski definition) is 1. The minimum atomic E-state index is -4.28. The van der Waals surface area contributed by atoms with Gasteiger partial charge >= 0.3 is 6.18 Å². The van der Waals surface area contributed by atoms with Gasteiger partial charge in [0.1, 0.15) is 0 Å². The lowest BCUT2D eigenvalue weighted by Gasteiger charge is -2.28. The predicted octanol–water partition coefficient (Wildman–Crippen LogP) is 4.79. The zero-order valence-corrected chi connectivity index (χ0v) is 12.3. The molecule has 2 bridgehead atoms. The number of nitrogens with one attached hydrogen (secondary N) is 1. The van der Waals surface area contributed by atoms with Gasteiger partial charge in [-0.1, -0.05) is 24.6 Å². The van der Waals surface area contributed by atoms with Crippen LogP contribution in [0.2, 0.25) is 0 Å². The molecular formula is C17H22F3N. The van der Waals surface area contributed by atoms with Crippen molar-refractivity contribution in [1.29, 1.82) is 0 Å². The number of benzene rings is 1. The summed E-state index contributed by atoms with van der Waals surface area (Å²) in [6.45, 7) is 0. The third kappa shape index (κ3) is 2.96. The molecule has 0 radical (unpaired) electrons. The molecule has 2 aliphatic carbocycles. The molecule has 116 valence electrons. The fourth-order valence-electron chi connectivity index (χ4n) is 4.43. The lowest BCUT2D eigenvalue weighted by atomic mass is 9.82. The van der Waals surface area contributed by atoms with Crippen LogP contribution in [0.15, 0.2) is 24.3 Å². The summed E-state index contributed by atoms with van der Waals surface area (Å²) in [5.41, 5.74) is -0.0946. The molecule has 2 aliphatic rings. The quantitative estimate of drug-likeness (QED) is 0.842. The molecule has 2 fully saturated rings. The standard InChI is InChI=1S/C17H22F3N/c1-21-16(10-13-9-11-6-7-12(13)8-11)14-4-2-3-5-15(14)17(18,19)20/h2-5,11-13,16,21H,6-10H2,1H3. The summed E-state index contributed by atoms with van der Waals surface area (Å²) >= 11 is 0. The van der Waals surface area contributed by atoms with Crippen molar-refractivity contribution in [2.24, 2.45) is 17.8 Å². The van der Waals surface area contributed by atoms with Crippen LogP contribution in [-0.2, 0) is 6.18 Å². The van der Waals surface area contributed by atoms with Gasteiger partial charge in [-0.3, -0.25) is 0 Å². The van der Waals surface area contributed by atoms with Gasteiger partial charge < -0.3 is 5.32 Å². The van der Waals surface area contributed by atoms with Gasteiger partial charge in [0.2, 0.25) is 0 Å². The molecule has 0 spiro atoms. The fourth-order valence-corrected chi connectivity index (χ4v) is 4.43. The van der Waals surface area contributed by atoms with Crippen LogP contribution < -0.4 is 5.32 Å². The molecule has 1 nitrogen and oxygen atoms in total. The average Bonchev–Trinajstić information content (AvgIpc) is 3.06. The lowest BCUT2D eigenvalue weighted by Crippen LogP contribution is -2.25. The van der Waals surface area contributed by atoms with E-state index in [1.807, 2.05) is 0 Å². The Morgan fingerprint density at radius 3 is 2.52 bits per heavy atom. The first-order chi connectivity index (χ1) is 9.99. The number of hydrogen-bond donors (Lipinski definition) is 1. The van der Waals surface area contributed by atoms with Crippen molar-refractivity contribution >= 4 is 0 Å². The molecule has 1 aromatic carbocycles. The van der Waals surface area contributed by atoms with E-state index in [2.05, 4.69) is 5.32 Å². The zero-order valence-electron chi connectivity index (χ0n) is 12.3. The largest absolute Gasteiger partial charge is 0.416 e. The SMILES string of the molecule is CNC(CC1CC2CCC1C2)c1ccccc1C(F)(F)F. The third-order valence-electron chi connectivity index (χ3n) is 5.41. The Labute approximate surface area is 123 Å². The highest BCUT2D eigenvalue weighted by Gasteiger charge is 2.41. The highest BCUT2D eigenvalue weighted by atomic mass is 19.4. The van der Waals surface area contributed by atoms with Crippen LogP contribution in [0.1, 0.15) is 49.3 Å². The second-order valence-corrected chi connectivity index (χ2v) is 6.60. The molecule has 3 rings (SSSR count). The first-order valence-electron chi connectivity index (χ1n) is 7.82. The van der Waals surface area contributed by atoms with Crippen molar-refractivity contribution in [1.82, 2.24) is 5.32 Å². The van der Waals surface area contributed by atoms with E-state index >= 15 is 0 Å². The molecule has 4 unspecified atom stereocenters. The molecule has 4 atom stereocenters. The highest BCUT2D eigenvalue weighted by Crippen LogP contribution is 2.51. The fraction of sp³-hybridized carbons (Fsp3) is 0.647. The maximum atomic E-state index is 13.2. The lowest BCUT2D eigenvalue weighted by molar-refractivity contribution is -0.138. The van der Waals surface area contributed by atoms with Crippen LogP contribution in [0.3, 0.4) is 0 Å². The number of alkyl halides is 3. The summed E-state index contributed by atoms with van der Waals surface area (Å²) < 4.78 is 39.5. The summed E-state index contributed by atoms with van der Waals surface area (Å²) in [4.78, 5) is 0. The first kappa shape index (κ1) is 14.9. The minimum Gasteiger partial charge on any atom is -0.313 e. The van der Waals surface area contributed by atoms with Gasteiger partial charge in [-0.15, -0.1) is 0 Å². The molecule has 0 aliphatic heterocycles. The second kappa shape index (κ2) is 5.64. The number of rotatable bonds is 4. The van der Waals surface area contributed by atoms with Gasteiger partial charge in [0.05, 0.1) is 5.56 Å². The third-order valence-corrected chi connectivity index (χ3v) is 5.41. The van der Waals surface area contributed by atoms with Gasteiger partial charge in [-0.25, -0.2) is 0 Å². The first-order valence-corrected chi connectivity index (χ1v) is 7.82. The molecule has 0 saturated heterocycles. The average molecular weight is 297 g/mol. The maximum absolute atomic E-state index is 13.2. The minimum absolute atomic E-state index is 0.202. The Morgan fingerprint density at radius 1 is 1.19 bits per heavy atom. The van der Waals surface area contributed by atoms with Crippen molar-refractivity contribution in [3.63, 3.8) is 0 Å². The van der Waals surface area contributed by atoms with Gasteiger partial charge in [-0.05, 0) is 62.1 Å². The van der Waals surface area contributed by atoms with E-state index in [0.29, 0.717) is 11.5 Å². The van der Waals surface area contributed by atoms with Crippen molar-refractivity contribution < 1.29 is 13.2 Å². The van der Waals surface area contributed by atoms with Crippen molar-refractivity contribution in [3.05, 3.63) is 35.4 Å². The molecule has 1 aromatic rings. The van der Waals surface area contributed by atoms with Crippen molar-refractivity contribution in [2.75, 3.05) is 7.05 Å². The Balaban J connectivity index is 1.80. The van der Waals surface area contributed by atoms with E-state index in [4.69, 9.17) is 0 Å². The van der Waals surface area contributed by atoms with E-state index < -0.39 is 11.7 Å². The van der Waals surface area contributed by atoms with Gasteiger partial charge in [0.25, 0.3) is 0 Å². The normalized spacial score (nSPS) is 29.8. The van der Waals surface area contributed by atoms with Crippen LogP contribution >= 0.6 is 0 Å². The molecular weight excluding hydrogens is 275 g/mol. The van der Waals surface area contributed by atoms with Crippen LogP contribution in [0.25, 0.3) is 0 Å². The van der Waals surface area contributed by atoms with E-state index in [-0.39, 0.29) is 6.04 Å². The van der Waals surface area contributed by atoms with Crippen molar-refractivity contribution in [3.8, 4) is 0 Å². The Hall–Kier alpha value is -1.03. The van der Waals surface area contributed by atoms with Crippen LogP contribution in [0.5, 0.6) is 0 Å². The van der Waals surface area contributed by atoms with E-state index in [1.54, 1.807) is 19.2 Å². The molecule has 4 heteroatoms. The van der Waals surface area contributed by atoms with Crippen LogP contribution in [0.4, 0.5) is 13.2 Å². The zero-order chi connectivity index (χ0) is 15.0. The molecule has 0 aromatic heterocycles. The van der Waals surface area contributed by atoms with Gasteiger partial charge in [-0.2, -0.15) is 13.2 Å². The van der Waals surface area contributed by atoms with Crippen LogP contribution in [0, 0.1) is 17.8 Å². The van der Waals surface area contributed by atoms with Gasteiger partial charge in [0.15, 0.2) is 0 Å². The molecule has 0 heterocycles. The summed E-state index contributed by atoms with van der Waals surface area (Å²) in [5.74, 6) is 2.15. The molecule has 1 N–H and O–H groups in total. The predicted molar refractivity (Wildman–Crippen MR) is 76.8 cm³/mol. The summed E-state index contributed by atoms with van der Waals surface area (Å²) in [7, 11) is 1.77. The van der Waals surface area contributed by atoms with Crippen molar-refractivity contribution in [2.45, 2.75) is 44.3 Å². The monoisotopic (exact) mass is 297 g/mol. The Bertz CT molecular complexity index is 497. The molecule has 21 heavy (non-hydrogen) atoms. The van der Waals surface area contributed by atoms with Gasteiger partial charge in [0, 0.05) is 6.04 Å². The van der Waals surface area contributed by atoms with E-state index in [0.717, 1.165) is 18.3 Å².